The average Bonchev–Trinajstić information content (AvgIpc) is 2.83. The SMILES string of the molecule is C[n+]1c(Sc2ccccc2)sc(NC(C)(C)C)c1-c1ccccc1.[Cl-]. The Bertz CT molecular complexity index is 809. The lowest BCUT2D eigenvalue weighted by Crippen LogP contribution is -3.00. The van der Waals surface area contributed by atoms with Crippen molar-refractivity contribution in [1.82, 2.24) is 0 Å². The second-order valence-corrected chi connectivity index (χ2v) is 9.08. The van der Waals surface area contributed by atoms with Crippen LogP contribution < -0.4 is 22.3 Å². The van der Waals surface area contributed by atoms with Crippen molar-refractivity contribution >= 4 is 28.1 Å². The number of halogens is 1. The number of nitrogens with zero attached hydrogens (tertiary/aromatic N) is 1. The number of thiazole rings is 1. The van der Waals surface area contributed by atoms with Gasteiger partial charge >= 0.3 is 4.34 Å². The van der Waals surface area contributed by atoms with E-state index in [1.54, 1.807) is 0 Å². The second-order valence-electron chi connectivity index (χ2n) is 6.76. The highest BCUT2D eigenvalue weighted by atomic mass is 35.5. The molecule has 2 aromatic carbocycles. The standard InChI is InChI=1S/C20H23N2S2.ClH/c1-20(2,3)21-18-17(15-11-7-5-8-12-15)22(4)19(24-18)23-16-13-9-6-10-14-16;/h5-14,21H,1-4H3;1H/q+1;/p-1. The van der Waals surface area contributed by atoms with Crippen LogP contribution in [0.2, 0.25) is 0 Å². The van der Waals surface area contributed by atoms with Gasteiger partial charge in [-0.15, -0.1) is 0 Å². The minimum atomic E-state index is 0. The third kappa shape index (κ3) is 5.00. The number of hydrogen-bond donors (Lipinski definition) is 1. The van der Waals surface area contributed by atoms with E-state index in [1.807, 2.05) is 23.1 Å². The van der Waals surface area contributed by atoms with Crippen molar-refractivity contribution in [2.24, 2.45) is 7.05 Å². The zero-order valence-electron chi connectivity index (χ0n) is 14.9. The Balaban J connectivity index is 0.00000225. The van der Waals surface area contributed by atoms with Crippen LogP contribution in [-0.2, 0) is 7.05 Å². The minimum absolute atomic E-state index is 0. The van der Waals surface area contributed by atoms with Gasteiger partial charge in [0.25, 0.3) is 0 Å². The molecule has 132 valence electrons. The minimum Gasteiger partial charge on any atom is -1.00 e. The lowest BCUT2D eigenvalue weighted by molar-refractivity contribution is -0.691. The van der Waals surface area contributed by atoms with E-state index in [4.69, 9.17) is 0 Å². The Labute approximate surface area is 164 Å². The lowest BCUT2D eigenvalue weighted by Gasteiger charge is -2.20. The molecule has 25 heavy (non-hydrogen) atoms. The van der Waals surface area contributed by atoms with Gasteiger partial charge in [-0.2, -0.15) is 4.57 Å². The molecule has 0 aliphatic rings. The lowest BCUT2D eigenvalue weighted by atomic mass is 10.1. The van der Waals surface area contributed by atoms with Crippen LogP contribution in [-0.4, -0.2) is 5.54 Å². The highest BCUT2D eigenvalue weighted by Gasteiger charge is 2.28. The summed E-state index contributed by atoms with van der Waals surface area (Å²) in [6, 6.07) is 21.1. The van der Waals surface area contributed by atoms with Gasteiger partial charge in [-0.25, -0.2) is 0 Å². The van der Waals surface area contributed by atoms with E-state index in [0.717, 1.165) is 0 Å². The molecule has 0 saturated carbocycles. The first-order valence-electron chi connectivity index (χ1n) is 8.03. The largest absolute Gasteiger partial charge is 1.00 e. The molecule has 3 aromatic rings. The average molecular weight is 391 g/mol. The maximum Gasteiger partial charge on any atom is 0.304 e. The zero-order valence-corrected chi connectivity index (χ0v) is 17.3. The third-order valence-corrected chi connectivity index (χ3v) is 5.90. The van der Waals surface area contributed by atoms with Gasteiger partial charge in [0.1, 0.15) is 7.05 Å². The van der Waals surface area contributed by atoms with Gasteiger partial charge in [-0.1, -0.05) is 36.4 Å². The summed E-state index contributed by atoms with van der Waals surface area (Å²) in [6.07, 6.45) is 0. The summed E-state index contributed by atoms with van der Waals surface area (Å²) in [4.78, 5) is 1.26. The Morgan fingerprint density at radius 1 is 0.920 bits per heavy atom. The summed E-state index contributed by atoms with van der Waals surface area (Å²) >= 11 is 3.63. The predicted octanol–water partition coefficient (Wildman–Crippen LogP) is 2.61. The van der Waals surface area contributed by atoms with Crippen LogP contribution in [0.15, 0.2) is 69.9 Å². The molecule has 0 radical (unpaired) electrons. The number of nitrogens with one attached hydrogen (secondary N) is 1. The van der Waals surface area contributed by atoms with Gasteiger partial charge in [0.15, 0.2) is 5.00 Å². The Kier molecular flexibility index (Phi) is 6.55. The third-order valence-electron chi connectivity index (χ3n) is 3.50. The van der Waals surface area contributed by atoms with E-state index in [1.165, 1.54) is 25.5 Å². The van der Waals surface area contributed by atoms with Gasteiger partial charge in [0, 0.05) is 16.0 Å². The number of benzene rings is 2. The first-order valence-corrected chi connectivity index (χ1v) is 9.67. The van der Waals surface area contributed by atoms with Crippen molar-refractivity contribution in [2.75, 3.05) is 5.32 Å². The van der Waals surface area contributed by atoms with Crippen molar-refractivity contribution in [3.05, 3.63) is 60.7 Å². The first kappa shape index (κ1) is 19.8. The topological polar surface area (TPSA) is 15.9 Å². The van der Waals surface area contributed by atoms with Gasteiger partial charge in [0.2, 0.25) is 5.69 Å². The molecule has 0 unspecified atom stereocenters. The summed E-state index contributed by atoms with van der Waals surface area (Å²) < 4.78 is 3.57. The Morgan fingerprint density at radius 2 is 1.48 bits per heavy atom. The Hall–Kier alpha value is -1.49. The quantitative estimate of drug-likeness (QED) is 0.689. The molecule has 0 aliphatic heterocycles. The predicted molar refractivity (Wildman–Crippen MR) is 105 cm³/mol. The fourth-order valence-corrected chi connectivity index (χ4v) is 5.01. The summed E-state index contributed by atoms with van der Waals surface area (Å²) in [7, 11) is 2.15. The van der Waals surface area contributed by atoms with Crippen molar-refractivity contribution in [1.29, 1.82) is 0 Å². The van der Waals surface area contributed by atoms with Crippen LogP contribution in [0.25, 0.3) is 11.3 Å². The molecule has 1 heterocycles. The molecule has 1 N–H and O–H groups in total. The number of anilines is 1. The number of hydrogen-bond acceptors (Lipinski definition) is 3. The van der Waals surface area contributed by atoms with Crippen LogP contribution in [0.4, 0.5) is 5.00 Å². The maximum atomic E-state index is 3.68. The van der Waals surface area contributed by atoms with Gasteiger partial charge < -0.3 is 17.7 Å². The number of rotatable bonds is 4. The smallest absolute Gasteiger partial charge is 0.304 e. The van der Waals surface area contributed by atoms with Crippen LogP contribution in [0, 0.1) is 0 Å². The van der Waals surface area contributed by atoms with Crippen LogP contribution >= 0.6 is 23.1 Å². The van der Waals surface area contributed by atoms with Crippen molar-refractivity contribution in [3.8, 4) is 11.3 Å². The summed E-state index contributed by atoms with van der Waals surface area (Å²) in [5.41, 5.74) is 2.51. The van der Waals surface area contributed by atoms with Crippen LogP contribution in [0.5, 0.6) is 0 Å². The van der Waals surface area contributed by atoms with Crippen LogP contribution in [0.1, 0.15) is 20.8 Å². The van der Waals surface area contributed by atoms with E-state index in [2.05, 4.69) is 98.4 Å². The van der Waals surface area contributed by atoms with Crippen molar-refractivity contribution in [2.45, 2.75) is 35.5 Å². The summed E-state index contributed by atoms with van der Waals surface area (Å²) in [5, 5.41) is 4.90. The fourth-order valence-electron chi connectivity index (χ4n) is 2.47. The van der Waals surface area contributed by atoms with Gasteiger partial charge in [0.05, 0.1) is 0 Å². The molecule has 0 amide bonds. The molecule has 0 saturated heterocycles. The monoisotopic (exact) mass is 390 g/mol. The normalized spacial score (nSPS) is 11.0. The zero-order chi connectivity index (χ0) is 17.2. The first-order chi connectivity index (χ1) is 11.4. The highest BCUT2D eigenvalue weighted by Crippen LogP contribution is 2.39. The fraction of sp³-hybridized carbons (Fsp3) is 0.250. The molecule has 0 atom stereocenters. The molecule has 0 bridgehead atoms. The molecule has 0 spiro atoms. The van der Waals surface area contributed by atoms with Crippen LogP contribution in [0.3, 0.4) is 0 Å². The van der Waals surface area contributed by atoms with Crippen molar-refractivity contribution < 1.29 is 17.0 Å². The molecular formula is C20H23ClN2S2. The number of aromatic nitrogens is 1. The maximum absolute atomic E-state index is 3.68. The van der Waals surface area contributed by atoms with Gasteiger partial charge in [-0.05, 0) is 68.1 Å². The Morgan fingerprint density at radius 3 is 2.04 bits per heavy atom. The summed E-state index contributed by atoms with van der Waals surface area (Å²) in [5.74, 6) is 0. The van der Waals surface area contributed by atoms with E-state index in [-0.39, 0.29) is 17.9 Å². The van der Waals surface area contributed by atoms with E-state index in [9.17, 15) is 0 Å². The summed E-state index contributed by atoms with van der Waals surface area (Å²) in [6.45, 7) is 6.60. The van der Waals surface area contributed by atoms with E-state index < -0.39 is 0 Å². The molecule has 2 nitrogen and oxygen atoms in total. The highest BCUT2D eigenvalue weighted by molar-refractivity contribution is 8.01. The molecule has 1 aromatic heterocycles. The van der Waals surface area contributed by atoms with E-state index in [0.29, 0.717) is 0 Å². The molecule has 0 fully saturated rings. The molecule has 3 rings (SSSR count). The molecule has 0 aliphatic carbocycles. The van der Waals surface area contributed by atoms with E-state index >= 15 is 0 Å². The van der Waals surface area contributed by atoms with Crippen molar-refractivity contribution in [3.63, 3.8) is 0 Å². The molecule has 5 heteroatoms. The second kappa shape index (κ2) is 8.26. The molecular weight excluding hydrogens is 368 g/mol. The van der Waals surface area contributed by atoms with Gasteiger partial charge in [-0.3, -0.25) is 0 Å².